The highest BCUT2D eigenvalue weighted by Gasteiger charge is 2.38. The summed E-state index contributed by atoms with van der Waals surface area (Å²) in [6.45, 7) is 7.15. The average Bonchev–Trinajstić information content (AvgIpc) is 2.84. The summed E-state index contributed by atoms with van der Waals surface area (Å²) in [4.78, 5) is 12.4. The molecule has 1 unspecified atom stereocenters. The average molecular weight is 246 g/mol. The zero-order valence-electron chi connectivity index (χ0n) is 11.5. The van der Waals surface area contributed by atoms with Gasteiger partial charge in [0, 0.05) is 5.69 Å². The first-order chi connectivity index (χ1) is 8.57. The van der Waals surface area contributed by atoms with E-state index in [0.717, 1.165) is 31.5 Å². The van der Waals surface area contributed by atoms with Crippen LogP contribution >= 0.6 is 0 Å². The fourth-order valence-corrected chi connectivity index (χ4v) is 2.53. The van der Waals surface area contributed by atoms with Crippen LogP contribution in [0.3, 0.4) is 0 Å². The first kappa shape index (κ1) is 13.1. The second-order valence-electron chi connectivity index (χ2n) is 5.22. The van der Waals surface area contributed by atoms with Gasteiger partial charge in [0.15, 0.2) is 0 Å². The van der Waals surface area contributed by atoms with Crippen LogP contribution in [0.4, 0.5) is 5.69 Å². The van der Waals surface area contributed by atoms with Gasteiger partial charge in [0.25, 0.3) is 0 Å². The van der Waals surface area contributed by atoms with E-state index < -0.39 is 0 Å². The Morgan fingerprint density at radius 1 is 1.39 bits per heavy atom. The monoisotopic (exact) mass is 246 g/mol. The molecule has 1 amide bonds. The number of anilines is 1. The molecule has 1 aliphatic heterocycles. The molecule has 98 valence electrons. The molecule has 1 aromatic carbocycles. The predicted octanol–water partition coefficient (Wildman–Crippen LogP) is 2.77. The van der Waals surface area contributed by atoms with Crippen molar-refractivity contribution in [2.75, 3.05) is 11.9 Å². The van der Waals surface area contributed by atoms with Crippen LogP contribution in [-0.4, -0.2) is 18.0 Å². The van der Waals surface area contributed by atoms with Gasteiger partial charge in [-0.25, -0.2) is 0 Å². The van der Waals surface area contributed by atoms with Crippen LogP contribution in [0.2, 0.25) is 0 Å². The molecule has 0 aliphatic carbocycles. The highest BCUT2D eigenvalue weighted by molar-refractivity contribution is 5.98. The van der Waals surface area contributed by atoms with Crippen molar-refractivity contribution < 1.29 is 4.79 Å². The fourth-order valence-electron chi connectivity index (χ4n) is 2.53. The van der Waals surface area contributed by atoms with Crippen LogP contribution < -0.4 is 10.6 Å². The lowest BCUT2D eigenvalue weighted by Gasteiger charge is -2.26. The molecule has 0 aromatic heterocycles. The van der Waals surface area contributed by atoms with Crippen molar-refractivity contribution in [3.63, 3.8) is 0 Å². The number of nitrogens with one attached hydrogen (secondary N) is 2. The van der Waals surface area contributed by atoms with Crippen LogP contribution in [0.1, 0.15) is 37.3 Å². The maximum atomic E-state index is 12.4. The Balaban J connectivity index is 2.13. The van der Waals surface area contributed by atoms with Crippen molar-refractivity contribution in [1.29, 1.82) is 0 Å². The summed E-state index contributed by atoms with van der Waals surface area (Å²) in [6.07, 6.45) is 2.85. The minimum atomic E-state index is -0.362. The molecule has 0 radical (unpaired) electrons. The van der Waals surface area contributed by atoms with E-state index in [0.29, 0.717) is 0 Å². The number of aryl methyl sites for hydroxylation is 2. The van der Waals surface area contributed by atoms with Crippen LogP contribution in [0.25, 0.3) is 0 Å². The molecule has 1 fully saturated rings. The number of amides is 1. The molecule has 1 aromatic rings. The van der Waals surface area contributed by atoms with Crippen LogP contribution in [0.5, 0.6) is 0 Å². The smallest absolute Gasteiger partial charge is 0.244 e. The van der Waals surface area contributed by atoms with E-state index in [2.05, 4.69) is 31.4 Å². The molecule has 0 saturated carbocycles. The van der Waals surface area contributed by atoms with Crippen molar-refractivity contribution in [2.45, 2.75) is 45.6 Å². The van der Waals surface area contributed by atoms with Gasteiger partial charge in [-0.15, -0.1) is 0 Å². The molecule has 1 atom stereocenters. The highest BCUT2D eigenvalue weighted by atomic mass is 16.2. The van der Waals surface area contributed by atoms with E-state index in [1.54, 1.807) is 0 Å². The van der Waals surface area contributed by atoms with Crippen LogP contribution in [-0.2, 0) is 4.79 Å². The first-order valence-electron chi connectivity index (χ1n) is 6.71. The Kier molecular flexibility index (Phi) is 3.71. The van der Waals surface area contributed by atoms with Gasteiger partial charge < -0.3 is 10.6 Å². The molecule has 1 heterocycles. The highest BCUT2D eigenvalue weighted by Crippen LogP contribution is 2.25. The van der Waals surface area contributed by atoms with E-state index >= 15 is 0 Å². The van der Waals surface area contributed by atoms with E-state index in [1.165, 1.54) is 11.1 Å². The molecular weight excluding hydrogens is 224 g/mol. The third-order valence-corrected chi connectivity index (χ3v) is 4.05. The Morgan fingerprint density at radius 2 is 2.17 bits per heavy atom. The summed E-state index contributed by atoms with van der Waals surface area (Å²) in [5.74, 6) is 0.103. The lowest BCUT2D eigenvalue weighted by atomic mass is 9.93. The van der Waals surface area contributed by atoms with Gasteiger partial charge in [-0.05, 0) is 62.9 Å². The Hall–Kier alpha value is -1.35. The first-order valence-corrected chi connectivity index (χ1v) is 6.71. The lowest BCUT2D eigenvalue weighted by Crippen LogP contribution is -2.50. The molecule has 18 heavy (non-hydrogen) atoms. The van der Waals surface area contributed by atoms with Crippen molar-refractivity contribution in [2.24, 2.45) is 0 Å². The Bertz CT molecular complexity index is 448. The third kappa shape index (κ3) is 2.41. The number of carbonyl (C=O) groups excluding carboxylic acids is 1. The summed E-state index contributed by atoms with van der Waals surface area (Å²) < 4.78 is 0. The van der Waals surface area contributed by atoms with Crippen LogP contribution in [0.15, 0.2) is 18.2 Å². The van der Waals surface area contributed by atoms with Crippen molar-refractivity contribution >= 4 is 11.6 Å². The quantitative estimate of drug-likeness (QED) is 0.861. The number of carbonyl (C=O) groups is 1. The molecular formula is C15H22N2O. The minimum absolute atomic E-state index is 0.103. The van der Waals surface area contributed by atoms with Gasteiger partial charge in [0.05, 0.1) is 5.54 Å². The zero-order valence-corrected chi connectivity index (χ0v) is 11.5. The Morgan fingerprint density at radius 3 is 2.72 bits per heavy atom. The van der Waals surface area contributed by atoms with Gasteiger partial charge in [-0.1, -0.05) is 13.0 Å². The maximum absolute atomic E-state index is 12.4. The van der Waals surface area contributed by atoms with Crippen molar-refractivity contribution in [1.82, 2.24) is 5.32 Å². The molecule has 3 nitrogen and oxygen atoms in total. The van der Waals surface area contributed by atoms with Gasteiger partial charge in [0.2, 0.25) is 5.91 Å². The van der Waals surface area contributed by atoms with E-state index in [1.807, 2.05) is 18.2 Å². The molecule has 2 N–H and O–H groups in total. The maximum Gasteiger partial charge on any atom is 0.244 e. The van der Waals surface area contributed by atoms with E-state index in [9.17, 15) is 4.79 Å². The Labute approximate surface area is 109 Å². The van der Waals surface area contributed by atoms with E-state index in [-0.39, 0.29) is 11.4 Å². The predicted molar refractivity (Wildman–Crippen MR) is 74.8 cm³/mol. The second-order valence-corrected chi connectivity index (χ2v) is 5.22. The topological polar surface area (TPSA) is 41.1 Å². The lowest BCUT2D eigenvalue weighted by molar-refractivity contribution is -0.122. The minimum Gasteiger partial charge on any atom is -0.324 e. The standard InChI is InChI=1S/C15H22N2O/c1-4-15(8-5-9-16-15)14(18)17-13-7-6-11(2)12(3)10-13/h6-7,10,16H,4-5,8-9H2,1-3H3,(H,17,18). The largest absolute Gasteiger partial charge is 0.324 e. The zero-order chi connectivity index (χ0) is 13.2. The summed E-state index contributed by atoms with van der Waals surface area (Å²) >= 11 is 0. The van der Waals surface area contributed by atoms with Gasteiger partial charge in [-0.2, -0.15) is 0 Å². The second kappa shape index (κ2) is 5.11. The molecule has 1 saturated heterocycles. The number of hydrogen-bond donors (Lipinski definition) is 2. The van der Waals surface area contributed by atoms with Crippen LogP contribution in [0, 0.1) is 13.8 Å². The van der Waals surface area contributed by atoms with E-state index in [4.69, 9.17) is 0 Å². The number of benzene rings is 1. The number of hydrogen-bond acceptors (Lipinski definition) is 2. The normalized spacial score (nSPS) is 23.1. The summed E-state index contributed by atoms with van der Waals surface area (Å²) in [5.41, 5.74) is 2.98. The molecule has 1 aliphatic rings. The molecule has 0 bridgehead atoms. The summed E-state index contributed by atoms with van der Waals surface area (Å²) in [5, 5.41) is 6.40. The van der Waals surface area contributed by atoms with Crippen molar-refractivity contribution in [3.05, 3.63) is 29.3 Å². The number of rotatable bonds is 3. The SMILES string of the molecule is CCC1(C(=O)Nc2ccc(C)c(C)c2)CCCN1. The third-order valence-electron chi connectivity index (χ3n) is 4.05. The summed E-state index contributed by atoms with van der Waals surface area (Å²) in [6, 6.07) is 6.05. The fraction of sp³-hybridized carbons (Fsp3) is 0.533. The van der Waals surface area contributed by atoms with Crippen molar-refractivity contribution in [3.8, 4) is 0 Å². The molecule has 0 spiro atoms. The van der Waals surface area contributed by atoms with Gasteiger partial charge >= 0.3 is 0 Å². The van der Waals surface area contributed by atoms with Gasteiger partial charge in [0.1, 0.15) is 0 Å². The molecule has 2 rings (SSSR count). The summed E-state index contributed by atoms with van der Waals surface area (Å²) in [7, 11) is 0. The molecule has 3 heteroatoms. The van der Waals surface area contributed by atoms with Gasteiger partial charge in [-0.3, -0.25) is 4.79 Å².